The molecule has 0 unspecified atom stereocenters. The summed E-state index contributed by atoms with van der Waals surface area (Å²) >= 11 is 0. The number of nitrogens with zero attached hydrogens (tertiary/aromatic N) is 2. The lowest BCUT2D eigenvalue weighted by Gasteiger charge is -2.25. The molecule has 0 spiro atoms. The number of hydrogen-bond acceptors (Lipinski definition) is 4. The topological polar surface area (TPSA) is 61.9 Å². The number of rotatable bonds is 7. The van der Waals surface area contributed by atoms with E-state index in [2.05, 4.69) is 10.2 Å². The van der Waals surface area contributed by atoms with E-state index in [1.807, 2.05) is 56.0 Å². The summed E-state index contributed by atoms with van der Waals surface area (Å²) < 4.78 is 5.65. The molecule has 6 heteroatoms. The van der Waals surface area contributed by atoms with E-state index in [4.69, 9.17) is 4.74 Å². The number of para-hydroxylation sites is 1. The normalized spacial score (nSPS) is 15.9. The summed E-state index contributed by atoms with van der Waals surface area (Å²) in [6, 6.07) is 9.66. The van der Waals surface area contributed by atoms with Crippen molar-refractivity contribution in [2.75, 3.05) is 39.3 Å². The van der Waals surface area contributed by atoms with Crippen molar-refractivity contribution in [1.82, 2.24) is 15.1 Å². The maximum absolute atomic E-state index is 12.5. The lowest BCUT2D eigenvalue weighted by Crippen LogP contribution is -2.46. The van der Waals surface area contributed by atoms with Gasteiger partial charge in [0.15, 0.2) is 0 Å². The Labute approximate surface area is 162 Å². The minimum Gasteiger partial charge on any atom is -0.494 e. The molecule has 0 saturated carbocycles. The number of nitrogens with one attached hydrogen (secondary N) is 1. The monoisotopic (exact) mass is 375 g/mol. The molecule has 1 aliphatic rings. The summed E-state index contributed by atoms with van der Waals surface area (Å²) in [6.07, 6.45) is 2.11. The molecule has 6 nitrogen and oxygen atoms in total. The quantitative estimate of drug-likeness (QED) is 0.743. The maximum Gasteiger partial charge on any atom is 0.234 e. The molecule has 0 radical (unpaired) electrons. The van der Waals surface area contributed by atoms with Crippen LogP contribution in [0.3, 0.4) is 0 Å². The van der Waals surface area contributed by atoms with Crippen LogP contribution in [0.5, 0.6) is 5.75 Å². The Morgan fingerprint density at radius 3 is 2.52 bits per heavy atom. The Hall–Kier alpha value is -2.08. The second-order valence-electron chi connectivity index (χ2n) is 8.07. The molecule has 2 amide bonds. The highest BCUT2D eigenvalue weighted by atomic mass is 16.5. The number of ether oxygens (including phenoxy) is 1. The van der Waals surface area contributed by atoms with Crippen LogP contribution in [0.4, 0.5) is 0 Å². The van der Waals surface area contributed by atoms with Gasteiger partial charge in [-0.1, -0.05) is 18.2 Å². The summed E-state index contributed by atoms with van der Waals surface area (Å²) in [6.45, 7) is 9.91. The Morgan fingerprint density at radius 1 is 1.07 bits per heavy atom. The molecule has 0 aliphatic carbocycles. The van der Waals surface area contributed by atoms with Crippen LogP contribution in [0.15, 0.2) is 30.3 Å². The van der Waals surface area contributed by atoms with Gasteiger partial charge in [-0.15, -0.1) is 0 Å². The predicted molar refractivity (Wildman–Crippen MR) is 107 cm³/mol. The van der Waals surface area contributed by atoms with Crippen molar-refractivity contribution in [2.24, 2.45) is 0 Å². The van der Waals surface area contributed by atoms with Gasteiger partial charge < -0.3 is 15.0 Å². The van der Waals surface area contributed by atoms with E-state index in [-0.39, 0.29) is 17.4 Å². The lowest BCUT2D eigenvalue weighted by molar-refractivity contribution is -0.131. The Kier molecular flexibility index (Phi) is 8.10. The van der Waals surface area contributed by atoms with E-state index < -0.39 is 0 Å². The minimum atomic E-state index is -0.216. The van der Waals surface area contributed by atoms with Crippen molar-refractivity contribution in [1.29, 1.82) is 0 Å². The third-order valence-corrected chi connectivity index (χ3v) is 4.37. The van der Waals surface area contributed by atoms with Gasteiger partial charge in [-0.05, 0) is 45.7 Å². The molecule has 2 rings (SSSR count). The first-order valence-corrected chi connectivity index (χ1v) is 9.82. The zero-order valence-corrected chi connectivity index (χ0v) is 16.9. The number of carbonyl (C=O) groups is 2. The summed E-state index contributed by atoms with van der Waals surface area (Å²) in [5, 5.41) is 2.99. The van der Waals surface area contributed by atoms with Crippen molar-refractivity contribution in [3.8, 4) is 5.75 Å². The van der Waals surface area contributed by atoms with Crippen molar-refractivity contribution >= 4 is 11.8 Å². The van der Waals surface area contributed by atoms with E-state index in [9.17, 15) is 9.59 Å². The second kappa shape index (κ2) is 10.3. The summed E-state index contributed by atoms with van der Waals surface area (Å²) in [5.41, 5.74) is -0.216. The standard InChI is InChI=1S/C21H33N3O3/c1-21(2,3)22-19(25)17-23-12-8-13-24(15-14-23)20(26)11-7-16-27-18-9-5-4-6-10-18/h4-6,9-10H,7-8,11-17H2,1-3H3,(H,22,25). The molecule has 1 aromatic carbocycles. The SMILES string of the molecule is CC(C)(C)NC(=O)CN1CCCN(C(=O)CCCOc2ccccc2)CC1. The van der Waals surface area contributed by atoms with Crippen molar-refractivity contribution in [2.45, 2.75) is 45.6 Å². The number of benzene rings is 1. The van der Waals surface area contributed by atoms with E-state index in [1.54, 1.807) is 0 Å². The van der Waals surface area contributed by atoms with E-state index >= 15 is 0 Å². The highest BCUT2D eigenvalue weighted by molar-refractivity contribution is 5.79. The molecule has 1 saturated heterocycles. The third-order valence-electron chi connectivity index (χ3n) is 4.37. The first-order chi connectivity index (χ1) is 12.8. The van der Waals surface area contributed by atoms with Gasteiger partial charge in [0.1, 0.15) is 5.75 Å². The van der Waals surface area contributed by atoms with Gasteiger partial charge in [-0.25, -0.2) is 0 Å². The zero-order chi connectivity index (χ0) is 19.7. The number of hydrogen-bond donors (Lipinski definition) is 1. The fourth-order valence-electron chi connectivity index (χ4n) is 3.13. The highest BCUT2D eigenvalue weighted by Crippen LogP contribution is 2.10. The van der Waals surface area contributed by atoms with Gasteiger partial charge in [0.25, 0.3) is 0 Å². The van der Waals surface area contributed by atoms with E-state index in [0.717, 1.165) is 31.8 Å². The fourth-order valence-corrected chi connectivity index (χ4v) is 3.13. The van der Waals surface area contributed by atoms with Crippen LogP contribution in [0, 0.1) is 0 Å². The van der Waals surface area contributed by atoms with Gasteiger partial charge in [0.2, 0.25) is 11.8 Å². The zero-order valence-electron chi connectivity index (χ0n) is 16.9. The molecule has 1 N–H and O–H groups in total. The van der Waals surface area contributed by atoms with Crippen molar-refractivity contribution < 1.29 is 14.3 Å². The van der Waals surface area contributed by atoms with Crippen molar-refractivity contribution in [3.05, 3.63) is 30.3 Å². The lowest BCUT2D eigenvalue weighted by atomic mass is 10.1. The summed E-state index contributed by atoms with van der Waals surface area (Å²) in [4.78, 5) is 28.6. The Morgan fingerprint density at radius 2 is 1.81 bits per heavy atom. The highest BCUT2D eigenvalue weighted by Gasteiger charge is 2.21. The molecule has 0 aromatic heterocycles. The fraction of sp³-hybridized carbons (Fsp3) is 0.619. The molecule has 1 aromatic rings. The van der Waals surface area contributed by atoms with Gasteiger partial charge >= 0.3 is 0 Å². The average molecular weight is 376 g/mol. The molecule has 0 atom stereocenters. The smallest absolute Gasteiger partial charge is 0.234 e. The molecular formula is C21H33N3O3. The first kappa shape index (κ1) is 21.2. The summed E-state index contributed by atoms with van der Waals surface area (Å²) in [7, 11) is 0. The van der Waals surface area contributed by atoms with Crippen LogP contribution in [-0.4, -0.2) is 66.5 Å². The maximum atomic E-state index is 12.5. The molecule has 1 fully saturated rings. The van der Waals surface area contributed by atoms with E-state index in [1.165, 1.54) is 0 Å². The van der Waals surface area contributed by atoms with Gasteiger partial charge in [-0.2, -0.15) is 0 Å². The van der Waals surface area contributed by atoms with Crippen LogP contribution in [-0.2, 0) is 9.59 Å². The number of carbonyl (C=O) groups excluding carboxylic acids is 2. The van der Waals surface area contributed by atoms with Crippen LogP contribution < -0.4 is 10.1 Å². The largest absolute Gasteiger partial charge is 0.494 e. The van der Waals surface area contributed by atoms with Gasteiger partial charge in [-0.3, -0.25) is 14.5 Å². The number of amides is 2. The molecule has 0 bridgehead atoms. The van der Waals surface area contributed by atoms with Crippen LogP contribution >= 0.6 is 0 Å². The molecule has 1 heterocycles. The first-order valence-electron chi connectivity index (χ1n) is 9.82. The average Bonchev–Trinajstić information content (AvgIpc) is 2.83. The van der Waals surface area contributed by atoms with E-state index in [0.29, 0.717) is 32.5 Å². The second-order valence-corrected chi connectivity index (χ2v) is 8.07. The molecule has 27 heavy (non-hydrogen) atoms. The predicted octanol–water partition coefficient (Wildman–Crippen LogP) is 2.29. The third kappa shape index (κ3) is 8.43. The van der Waals surface area contributed by atoms with Crippen LogP contribution in [0.2, 0.25) is 0 Å². The molecule has 1 aliphatic heterocycles. The van der Waals surface area contributed by atoms with Crippen molar-refractivity contribution in [3.63, 3.8) is 0 Å². The Balaban J connectivity index is 1.67. The minimum absolute atomic E-state index is 0.0420. The Bertz CT molecular complexity index is 598. The van der Waals surface area contributed by atoms with Crippen LogP contribution in [0.25, 0.3) is 0 Å². The van der Waals surface area contributed by atoms with Gasteiger partial charge in [0.05, 0.1) is 13.2 Å². The molecular weight excluding hydrogens is 342 g/mol. The summed E-state index contributed by atoms with van der Waals surface area (Å²) in [5.74, 6) is 1.05. The van der Waals surface area contributed by atoms with Crippen LogP contribution in [0.1, 0.15) is 40.0 Å². The molecule has 150 valence electrons. The van der Waals surface area contributed by atoms with Gasteiger partial charge in [0, 0.05) is 38.1 Å².